The van der Waals surface area contributed by atoms with E-state index in [4.69, 9.17) is 4.74 Å². The van der Waals surface area contributed by atoms with Crippen molar-refractivity contribution in [3.05, 3.63) is 35.9 Å². The third-order valence-electron chi connectivity index (χ3n) is 5.72. The molecule has 1 fully saturated rings. The molecular formula is C21H32O3. The van der Waals surface area contributed by atoms with Gasteiger partial charge in [0.1, 0.15) is 6.10 Å². The first-order valence-electron chi connectivity index (χ1n) is 9.37. The summed E-state index contributed by atoms with van der Waals surface area (Å²) >= 11 is 0. The van der Waals surface area contributed by atoms with Gasteiger partial charge in [-0.3, -0.25) is 0 Å². The summed E-state index contributed by atoms with van der Waals surface area (Å²) < 4.78 is 5.81. The van der Waals surface area contributed by atoms with Crippen LogP contribution in [0.15, 0.2) is 30.3 Å². The van der Waals surface area contributed by atoms with E-state index in [1.165, 1.54) is 0 Å². The Morgan fingerprint density at radius 3 is 2.71 bits per heavy atom. The van der Waals surface area contributed by atoms with Crippen LogP contribution in [0, 0.1) is 17.3 Å². The van der Waals surface area contributed by atoms with E-state index in [-0.39, 0.29) is 24.1 Å². The van der Waals surface area contributed by atoms with E-state index in [0.717, 1.165) is 38.5 Å². The fourth-order valence-electron chi connectivity index (χ4n) is 4.45. The molecule has 1 N–H and O–H groups in total. The van der Waals surface area contributed by atoms with Gasteiger partial charge in [0.25, 0.3) is 0 Å². The third kappa shape index (κ3) is 4.60. The molecule has 2 rings (SSSR count). The van der Waals surface area contributed by atoms with E-state index in [2.05, 4.69) is 20.8 Å². The highest BCUT2D eigenvalue weighted by Crippen LogP contribution is 2.47. The summed E-state index contributed by atoms with van der Waals surface area (Å²) in [5, 5.41) is 9.65. The zero-order valence-corrected chi connectivity index (χ0v) is 15.3. The molecule has 3 heteroatoms. The molecule has 0 radical (unpaired) electrons. The number of hydrogen-bond acceptors (Lipinski definition) is 3. The van der Waals surface area contributed by atoms with Gasteiger partial charge < -0.3 is 9.84 Å². The van der Waals surface area contributed by atoms with Crippen LogP contribution in [0.1, 0.15) is 69.7 Å². The van der Waals surface area contributed by atoms with Crippen molar-refractivity contribution in [1.82, 2.24) is 0 Å². The number of carbonyl (C=O) groups is 1. The first-order chi connectivity index (χ1) is 11.5. The first kappa shape index (κ1) is 19.0. The lowest BCUT2D eigenvalue weighted by Gasteiger charge is -2.45. The highest BCUT2D eigenvalue weighted by molar-refractivity contribution is 5.89. The monoisotopic (exact) mass is 332 g/mol. The van der Waals surface area contributed by atoms with Crippen molar-refractivity contribution in [2.45, 2.75) is 65.4 Å². The Balaban J connectivity index is 2.05. The molecule has 1 saturated carbocycles. The molecule has 0 aliphatic heterocycles. The van der Waals surface area contributed by atoms with Gasteiger partial charge in [-0.25, -0.2) is 4.79 Å². The Labute approximate surface area is 146 Å². The second-order valence-corrected chi connectivity index (χ2v) is 7.70. The van der Waals surface area contributed by atoms with Crippen molar-refractivity contribution >= 4 is 5.97 Å². The smallest absolute Gasteiger partial charge is 0.338 e. The van der Waals surface area contributed by atoms with E-state index < -0.39 is 0 Å². The van der Waals surface area contributed by atoms with Crippen molar-refractivity contribution < 1.29 is 14.6 Å². The SMILES string of the molecule is CCC[C@H]([C@@H](C)CO)[C@@]1(C)CCC[C@H](OC(=O)c2ccccc2)C1. The molecule has 134 valence electrons. The summed E-state index contributed by atoms with van der Waals surface area (Å²) in [5.74, 6) is 0.552. The first-order valence-corrected chi connectivity index (χ1v) is 9.37. The fraction of sp³-hybridized carbons (Fsp3) is 0.667. The number of ether oxygens (including phenoxy) is 1. The van der Waals surface area contributed by atoms with E-state index in [0.29, 0.717) is 17.4 Å². The highest BCUT2D eigenvalue weighted by Gasteiger charge is 2.41. The molecule has 0 saturated heterocycles. The minimum atomic E-state index is -0.216. The maximum atomic E-state index is 12.3. The minimum absolute atomic E-state index is 0.0123. The van der Waals surface area contributed by atoms with E-state index in [1.54, 1.807) is 12.1 Å². The van der Waals surface area contributed by atoms with Crippen molar-refractivity contribution in [3.8, 4) is 0 Å². The topological polar surface area (TPSA) is 46.5 Å². The molecule has 1 aromatic carbocycles. The van der Waals surface area contributed by atoms with Crippen molar-refractivity contribution in [3.63, 3.8) is 0 Å². The fourth-order valence-corrected chi connectivity index (χ4v) is 4.45. The van der Waals surface area contributed by atoms with Crippen LogP contribution in [0.4, 0.5) is 0 Å². The summed E-state index contributed by atoms with van der Waals surface area (Å²) in [4.78, 5) is 12.3. The summed E-state index contributed by atoms with van der Waals surface area (Å²) in [6.07, 6.45) is 6.32. The molecule has 1 aliphatic carbocycles. The highest BCUT2D eigenvalue weighted by atomic mass is 16.5. The van der Waals surface area contributed by atoms with Crippen molar-refractivity contribution in [1.29, 1.82) is 0 Å². The van der Waals surface area contributed by atoms with Crippen molar-refractivity contribution in [2.24, 2.45) is 17.3 Å². The number of aliphatic hydroxyl groups excluding tert-OH is 1. The normalized spacial score (nSPS) is 26.6. The predicted octanol–water partition coefficient (Wildman–Crippen LogP) is 4.84. The Hall–Kier alpha value is -1.35. The summed E-state index contributed by atoms with van der Waals surface area (Å²) in [6, 6.07) is 9.24. The van der Waals surface area contributed by atoms with Gasteiger partial charge in [-0.05, 0) is 61.5 Å². The van der Waals surface area contributed by atoms with Crippen LogP contribution in [0.25, 0.3) is 0 Å². The lowest BCUT2D eigenvalue weighted by atomic mass is 9.61. The van der Waals surface area contributed by atoms with Crippen molar-refractivity contribution in [2.75, 3.05) is 6.61 Å². The second-order valence-electron chi connectivity index (χ2n) is 7.70. The molecule has 3 nitrogen and oxygen atoms in total. The van der Waals surface area contributed by atoms with Crippen LogP contribution in [0.5, 0.6) is 0 Å². The lowest BCUT2D eigenvalue weighted by Crippen LogP contribution is -2.40. The van der Waals surface area contributed by atoms with Crippen LogP contribution in [-0.4, -0.2) is 23.8 Å². The summed E-state index contributed by atoms with van der Waals surface area (Å²) in [7, 11) is 0. The number of benzene rings is 1. The minimum Gasteiger partial charge on any atom is -0.459 e. The molecule has 0 heterocycles. The van der Waals surface area contributed by atoms with Gasteiger partial charge in [-0.2, -0.15) is 0 Å². The van der Waals surface area contributed by atoms with Crippen LogP contribution in [-0.2, 0) is 4.74 Å². The maximum Gasteiger partial charge on any atom is 0.338 e. The maximum absolute atomic E-state index is 12.3. The lowest BCUT2D eigenvalue weighted by molar-refractivity contribution is -0.0307. The largest absolute Gasteiger partial charge is 0.459 e. The molecule has 0 bridgehead atoms. The van der Waals surface area contributed by atoms with E-state index in [9.17, 15) is 9.90 Å². The van der Waals surface area contributed by atoms with Gasteiger partial charge in [0.05, 0.1) is 5.56 Å². The molecule has 4 atom stereocenters. The summed E-state index contributed by atoms with van der Waals surface area (Å²) in [5.41, 5.74) is 0.761. The van der Waals surface area contributed by atoms with Gasteiger partial charge in [-0.15, -0.1) is 0 Å². The van der Waals surface area contributed by atoms with Crippen LogP contribution in [0.2, 0.25) is 0 Å². The van der Waals surface area contributed by atoms with Gasteiger partial charge >= 0.3 is 5.97 Å². The molecule has 0 amide bonds. The summed E-state index contributed by atoms with van der Waals surface area (Å²) in [6.45, 7) is 6.90. The van der Waals surface area contributed by atoms with Gasteiger partial charge in [-0.1, -0.05) is 45.4 Å². The number of carbonyl (C=O) groups excluding carboxylic acids is 1. The molecule has 1 aliphatic rings. The molecule has 0 spiro atoms. The van der Waals surface area contributed by atoms with E-state index in [1.807, 2.05) is 18.2 Å². The molecule has 1 aromatic rings. The number of esters is 1. The third-order valence-corrected chi connectivity index (χ3v) is 5.72. The second kappa shape index (κ2) is 8.66. The Morgan fingerprint density at radius 1 is 1.38 bits per heavy atom. The zero-order valence-electron chi connectivity index (χ0n) is 15.3. The van der Waals surface area contributed by atoms with Gasteiger partial charge in [0.15, 0.2) is 0 Å². The van der Waals surface area contributed by atoms with E-state index >= 15 is 0 Å². The van der Waals surface area contributed by atoms with Gasteiger partial charge in [0.2, 0.25) is 0 Å². The van der Waals surface area contributed by atoms with Crippen LogP contribution >= 0.6 is 0 Å². The average Bonchev–Trinajstić information content (AvgIpc) is 2.59. The Bertz CT molecular complexity index is 513. The Morgan fingerprint density at radius 2 is 2.08 bits per heavy atom. The molecule has 0 aromatic heterocycles. The Kier molecular flexibility index (Phi) is 6.85. The van der Waals surface area contributed by atoms with Crippen LogP contribution in [0.3, 0.4) is 0 Å². The van der Waals surface area contributed by atoms with Crippen LogP contribution < -0.4 is 0 Å². The van der Waals surface area contributed by atoms with Gasteiger partial charge in [0, 0.05) is 6.61 Å². The average molecular weight is 332 g/mol. The molecular weight excluding hydrogens is 300 g/mol. The zero-order chi connectivity index (χ0) is 17.6. The number of aliphatic hydroxyl groups is 1. The molecule has 0 unspecified atom stereocenters. The number of hydrogen-bond donors (Lipinski definition) is 1. The molecule has 24 heavy (non-hydrogen) atoms. The quantitative estimate of drug-likeness (QED) is 0.727. The predicted molar refractivity (Wildman–Crippen MR) is 96.9 cm³/mol. The number of rotatable bonds is 7. The standard InChI is InChI=1S/C21H32O3/c1-4-9-19(16(2)15-22)21(3)13-8-12-18(14-21)24-20(23)17-10-6-5-7-11-17/h5-7,10-11,16,18-19,22H,4,8-9,12-15H2,1-3H3/t16-,18-,19+,21-/m0/s1.